The highest BCUT2D eigenvalue weighted by molar-refractivity contribution is 7.18. The number of hydrogen-bond donors (Lipinski definition) is 1. The van der Waals surface area contributed by atoms with Crippen molar-refractivity contribution < 1.29 is 0 Å². The number of para-hydroxylation sites is 1. The van der Waals surface area contributed by atoms with E-state index in [1.54, 1.807) is 0 Å². The van der Waals surface area contributed by atoms with Crippen LogP contribution in [0.25, 0.3) is 10.2 Å². The molecule has 0 radical (unpaired) electrons. The monoisotopic (exact) mass is 190 g/mol. The molecular weight excluding hydrogens is 180 g/mol. The van der Waals surface area contributed by atoms with Crippen molar-refractivity contribution >= 4 is 21.6 Å². The Labute approximate surface area is 80.6 Å². The molecule has 0 bridgehead atoms. The largest absolute Gasteiger partial charge is 0.315 e. The molecule has 2 heterocycles. The summed E-state index contributed by atoms with van der Waals surface area (Å²) in [6.45, 7) is 2.19. The lowest BCUT2D eigenvalue weighted by Gasteiger charge is -2.24. The number of hydrogen-bond acceptors (Lipinski definition) is 3. The molecule has 0 aliphatic carbocycles. The molecule has 1 N–H and O–H groups in total. The smallest absolute Gasteiger partial charge is 0.0994 e. The van der Waals surface area contributed by atoms with Crippen molar-refractivity contribution in [2.24, 2.45) is 0 Å². The number of thiazole rings is 1. The average molecular weight is 190 g/mol. The van der Waals surface area contributed by atoms with Crippen LogP contribution in [-0.4, -0.2) is 18.1 Å². The van der Waals surface area contributed by atoms with E-state index in [0.29, 0.717) is 5.92 Å². The molecule has 0 unspecified atom stereocenters. The van der Waals surface area contributed by atoms with Crippen molar-refractivity contribution in [3.8, 4) is 0 Å². The number of aromatic nitrogens is 1. The quantitative estimate of drug-likeness (QED) is 0.743. The summed E-state index contributed by atoms with van der Waals surface area (Å²) in [6.07, 6.45) is 0. The van der Waals surface area contributed by atoms with E-state index >= 15 is 0 Å². The van der Waals surface area contributed by atoms with Crippen LogP contribution < -0.4 is 5.32 Å². The van der Waals surface area contributed by atoms with Crippen LogP contribution >= 0.6 is 11.3 Å². The van der Waals surface area contributed by atoms with Gasteiger partial charge in [0, 0.05) is 19.0 Å². The molecule has 1 saturated heterocycles. The molecule has 2 aromatic rings. The van der Waals surface area contributed by atoms with Gasteiger partial charge in [-0.1, -0.05) is 12.1 Å². The van der Waals surface area contributed by atoms with Gasteiger partial charge >= 0.3 is 0 Å². The zero-order chi connectivity index (χ0) is 8.67. The van der Waals surface area contributed by atoms with Gasteiger partial charge in [-0.2, -0.15) is 0 Å². The third kappa shape index (κ3) is 1.16. The fraction of sp³-hybridized carbons (Fsp3) is 0.300. The minimum atomic E-state index is 0.664. The molecule has 0 spiro atoms. The van der Waals surface area contributed by atoms with Crippen LogP contribution in [0.5, 0.6) is 0 Å². The summed E-state index contributed by atoms with van der Waals surface area (Å²) < 4.78 is 1.31. The SMILES string of the molecule is c1ccc2sc(C3CNC3)nc2c1. The van der Waals surface area contributed by atoms with E-state index in [2.05, 4.69) is 28.5 Å². The third-order valence-corrected chi connectivity index (χ3v) is 3.64. The molecule has 2 nitrogen and oxygen atoms in total. The van der Waals surface area contributed by atoms with Crippen LogP contribution in [0.1, 0.15) is 10.9 Å². The molecule has 1 aromatic heterocycles. The van der Waals surface area contributed by atoms with Gasteiger partial charge in [0.1, 0.15) is 0 Å². The standard InChI is InChI=1S/C10H10N2S/c1-2-4-9-8(3-1)12-10(13-9)7-5-11-6-7/h1-4,7,11H,5-6H2. The van der Waals surface area contributed by atoms with Crippen LogP contribution in [0.15, 0.2) is 24.3 Å². The molecular formula is C10H10N2S. The molecule has 3 heteroatoms. The van der Waals surface area contributed by atoms with Crippen molar-refractivity contribution in [2.45, 2.75) is 5.92 Å². The molecule has 66 valence electrons. The first-order valence-corrected chi connectivity index (χ1v) is 5.31. The van der Waals surface area contributed by atoms with Crippen molar-refractivity contribution in [2.75, 3.05) is 13.1 Å². The van der Waals surface area contributed by atoms with Crippen LogP contribution in [0.4, 0.5) is 0 Å². The van der Waals surface area contributed by atoms with Crippen molar-refractivity contribution in [3.63, 3.8) is 0 Å². The summed E-state index contributed by atoms with van der Waals surface area (Å²) in [5, 5.41) is 4.56. The highest BCUT2D eigenvalue weighted by Gasteiger charge is 2.22. The first kappa shape index (κ1) is 7.47. The Hall–Kier alpha value is -0.930. The predicted molar refractivity (Wildman–Crippen MR) is 55.2 cm³/mol. The third-order valence-electron chi connectivity index (χ3n) is 2.44. The number of nitrogens with zero attached hydrogens (tertiary/aromatic N) is 1. The van der Waals surface area contributed by atoms with Crippen molar-refractivity contribution in [1.29, 1.82) is 0 Å². The average Bonchev–Trinajstić information content (AvgIpc) is 2.43. The second-order valence-electron chi connectivity index (χ2n) is 3.37. The molecule has 1 fully saturated rings. The lowest BCUT2D eigenvalue weighted by atomic mass is 10.1. The molecule has 3 rings (SSSR count). The second kappa shape index (κ2) is 2.79. The maximum absolute atomic E-state index is 4.61. The topological polar surface area (TPSA) is 24.9 Å². The number of benzene rings is 1. The Balaban J connectivity index is 2.10. The minimum absolute atomic E-state index is 0.664. The summed E-state index contributed by atoms with van der Waals surface area (Å²) >= 11 is 1.83. The fourth-order valence-corrected chi connectivity index (χ4v) is 2.60. The number of rotatable bonds is 1. The van der Waals surface area contributed by atoms with E-state index < -0.39 is 0 Å². The molecule has 1 aliphatic heterocycles. The highest BCUT2D eigenvalue weighted by Crippen LogP contribution is 2.28. The van der Waals surface area contributed by atoms with Gasteiger partial charge in [0.05, 0.1) is 15.2 Å². The van der Waals surface area contributed by atoms with Gasteiger partial charge in [-0.15, -0.1) is 11.3 Å². The fourth-order valence-electron chi connectivity index (χ4n) is 1.53. The second-order valence-corrected chi connectivity index (χ2v) is 4.44. The Morgan fingerprint density at radius 2 is 2.15 bits per heavy atom. The Morgan fingerprint density at radius 3 is 2.85 bits per heavy atom. The van der Waals surface area contributed by atoms with Crippen LogP contribution in [0.2, 0.25) is 0 Å². The van der Waals surface area contributed by atoms with Gasteiger partial charge in [-0.05, 0) is 12.1 Å². The molecule has 0 atom stereocenters. The zero-order valence-corrected chi connectivity index (χ0v) is 7.97. The zero-order valence-electron chi connectivity index (χ0n) is 7.16. The maximum Gasteiger partial charge on any atom is 0.0994 e. The molecule has 0 saturated carbocycles. The number of nitrogens with one attached hydrogen (secondary N) is 1. The van der Waals surface area contributed by atoms with Crippen molar-refractivity contribution in [3.05, 3.63) is 29.3 Å². The van der Waals surface area contributed by atoms with Crippen molar-refractivity contribution in [1.82, 2.24) is 10.3 Å². The van der Waals surface area contributed by atoms with Crippen LogP contribution in [0, 0.1) is 0 Å². The Morgan fingerprint density at radius 1 is 1.31 bits per heavy atom. The Bertz CT molecular complexity index is 398. The Kier molecular flexibility index (Phi) is 1.60. The van der Waals surface area contributed by atoms with E-state index in [1.807, 2.05) is 17.4 Å². The summed E-state index contributed by atoms with van der Waals surface area (Å²) in [4.78, 5) is 4.61. The lowest BCUT2D eigenvalue weighted by Crippen LogP contribution is -2.39. The molecule has 1 aliphatic rings. The summed E-state index contributed by atoms with van der Waals surface area (Å²) in [6, 6.07) is 8.35. The molecule has 0 amide bonds. The predicted octanol–water partition coefficient (Wildman–Crippen LogP) is 1.98. The van der Waals surface area contributed by atoms with Gasteiger partial charge < -0.3 is 5.32 Å². The summed E-state index contributed by atoms with van der Waals surface area (Å²) in [5.41, 5.74) is 1.15. The highest BCUT2D eigenvalue weighted by atomic mass is 32.1. The lowest BCUT2D eigenvalue weighted by molar-refractivity contribution is 0.447. The van der Waals surface area contributed by atoms with E-state index in [9.17, 15) is 0 Å². The van der Waals surface area contributed by atoms with E-state index in [-0.39, 0.29) is 0 Å². The first-order valence-electron chi connectivity index (χ1n) is 4.50. The molecule has 13 heavy (non-hydrogen) atoms. The summed E-state index contributed by atoms with van der Waals surface area (Å²) in [5.74, 6) is 0.664. The maximum atomic E-state index is 4.61. The van der Waals surface area contributed by atoms with E-state index in [1.165, 1.54) is 9.71 Å². The summed E-state index contributed by atoms with van der Waals surface area (Å²) in [7, 11) is 0. The minimum Gasteiger partial charge on any atom is -0.315 e. The van der Waals surface area contributed by atoms with Gasteiger partial charge in [-0.3, -0.25) is 0 Å². The molecule has 1 aromatic carbocycles. The van der Waals surface area contributed by atoms with Gasteiger partial charge in [-0.25, -0.2) is 4.98 Å². The van der Waals surface area contributed by atoms with E-state index in [0.717, 1.165) is 18.6 Å². The van der Waals surface area contributed by atoms with Gasteiger partial charge in [0.15, 0.2) is 0 Å². The van der Waals surface area contributed by atoms with Crippen LogP contribution in [-0.2, 0) is 0 Å². The van der Waals surface area contributed by atoms with Crippen LogP contribution in [0.3, 0.4) is 0 Å². The number of fused-ring (bicyclic) bond motifs is 1. The normalized spacial score (nSPS) is 17.5. The van der Waals surface area contributed by atoms with Gasteiger partial charge in [0.2, 0.25) is 0 Å². The first-order chi connectivity index (χ1) is 6.43. The van der Waals surface area contributed by atoms with Gasteiger partial charge in [0.25, 0.3) is 0 Å². The van der Waals surface area contributed by atoms with E-state index in [4.69, 9.17) is 0 Å².